The van der Waals surface area contributed by atoms with Crippen LogP contribution in [0.5, 0.6) is 5.75 Å². The summed E-state index contributed by atoms with van der Waals surface area (Å²) in [4.78, 5) is 4.70. The average molecular weight is 393 g/mol. The Bertz CT molecular complexity index is 699. The number of piperazine rings is 1. The molecule has 1 saturated heterocycles. The number of rotatable bonds is 6. The highest BCUT2D eigenvalue weighted by atomic mass is 32.1. The number of thiocarbonyl (C=S) groups is 1. The lowest BCUT2D eigenvalue weighted by Gasteiger charge is -2.33. The summed E-state index contributed by atoms with van der Waals surface area (Å²) in [6.07, 6.45) is 0. The van der Waals surface area contributed by atoms with E-state index in [4.69, 9.17) is 17.0 Å². The summed E-state index contributed by atoms with van der Waals surface area (Å²) in [5.41, 5.74) is 0.935. The van der Waals surface area contributed by atoms with Gasteiger partial charge in [-0.25, -0.2) is 0 Å². The molecule has 7 heteroatoms. The van der Waals surface area contributed by atoms with Crippen molar-refractivity contribution in [2.24, 2.45) is 0 Å². The highest BCUT2D eigenvalue weighted by Gasteiger charge is 2.29. The minimum atomic E-state index is 0.438. The van der Waals surface area contributed by atoms with Crippen LogP contribution in [0.1, 0.15) is 10.9 Å². The molecule has 3 rings (SSSR count). The lowest BCUT2D eigenvalue weighted by molar-refractivity contribution is -1.02. The predicted octanol–water partition coefficient (Wildman–Crippen LogP) is 0.198. The summed E-state index contributed by atoms with van der Waals surface area (Å²) in [6.45, 7) is 5.69. The van der Waals surface area contributed by atoms with Crippen LogP contribution in [0, 0.1) is 0 Å². The second kappa shape index (κ2) is 9.32. The number of nitrogens with one attached hydrogen (secondary N) is 4. The van der Waals surface area contributed by atoms with Crippen molar-refractivity contribution in [2.75, 3.05) is 52.2 Å². The molecular formula is C19H28N4OS2+2. The van der Waals surface area contributed by atoms with Gasteiger partial charge in [0.2, 0.25) is 0 Å². The highest BCUT2D eigenvalue weighted by molar-refractivity contribution is 7.80. The molecule has 1 aromatic heterocycles. The molecule has 140 valence electrons. The smallest absolute Gasteiger partial charge is 0.171 e. The number of likely N-dealkylation sites (N-methyl/N-ethyl adjacent to an activating group) is 1. The van der Waals surface area contributed by atoms with Crippen LogP contribution < -0.4 is 25.2 Å². The molecule has 1 atom stereocenters. The molecule has 0 unspecified atom stereocenters. The van der Waals surface area contributed by atoms with Gasteiger partial charge in [0.05, 0.1) is 25.6 Å². The van der Waals surface area contributed by atoms with Crippen molar-refractivity contribution < 1.29 is 14.5 Å². The van der Waals surface area contributed by atoms with Crippen LogP contribution >= 0.6 is 23.6 Å². The van der Waals surface area contributed by atoms with Gasteiger partial charge in [0.1, 0.15) is 38.0 Å². The number of methoxy groups -OCH3 is 1. The molecule has 0 aliphatic carbocycles. The number of thiophene rings is 1. The summed E-state index contributed by atoms with van der Waals surface area (Å²) < 4.78 is 5.26. The van der Waals surface area contributed by atoms with Gasteiger partial charge < -0.3 is 25.2 Å². The quantitative estimate of drug-likeness (QED) is 0.530. The normalized spacial score (nSPS) is 21.0. The molecule has 1 aromatic carbocycles. The van der Waals surface area contributed by atoms with E-state index in [9.17, 15) is 0 Å². The second-order valence-electron chi connectivity index (χ2n) is 6.75. The van der Waals surface area contributed by atoms with Gasteiger partial charge in [0.15, 0.2) is 5.11 Å². The number of hydrogen-bond donors (Lipinski definition) is 4. The first-order chi connectivity index (χ1) is 12.7. The van der Waals surface area contributed by atoms with Gasteiger partial charge >= 0.3 is 0 Å². The minimum absolute atomic E-state index is 0.438. The van der Waals surface area contributed by atoms with E-state index in [1.807, 2.05) is 35.6 Å². The zero-order chi connectivity index (χ0) is 18.4. The van der Waals surface area contributed by atoms with E-state index in [1.54, 1.807) is 16.9 Å². The molecule has 0 bridgehead atoms. The average Bonchev–Trinajstić information content (AvgIpc) is 3.18. The maximum Gasteiger partial charge on any atom is 0.171 e. The summed E-state index contributed by atoms with van der Waals surface area (Å²) in [7, 11) is 3.95. The molecule has 0 saturated carbocycles. The van der Waals surface area contributed by atoms with E-state index in [1.165, 1.54) is 31.1 Å². The lowest BCUT2D eigenvalue weighted by atomic mass is 10.1. The van der Waals surface area contributed by atoms with Crippen LogP contribution in [-0.4, -0.2) is 52.0 Å². The van der Waals surface area contributed by atoms with Gasteiger partial charge in [-0.2, -0.15) is 0 Å². The molecule has 1 aliphatic heterocycles. The fraction of sp³-hybridized carbons (Fsp3) is 0.421. The Hall–Kier alpha value is -1.67. The molecule has 1 fully saturated rings. The molecule has 5 nitrogen and oxygen atoms in total. The Labute approximate surface area is 164 Å². The van der Waals surface area contributed by atoms with Crippen molar-refractivity contribution in [3.8, 4) is 5.75 Å². The van der Waals surface area contributed by atoms with Crippen molar-refractivity contribution in [1.82, 2.24) is 5.32 Å². The molecule has 0 amide bonds. The summed E-state index contributed by atoms with van der Waals surface area (Å²) >= 11 is 7.35. The molecule has 1 aliphatic rings. The summed E-state index contributed by atoms with van der Waals surface area (Å²) in [6, 6.07) is 12.6. The maximum absolute atomic E-state index is 5.51. The van der Waals surface area contributed by atoms with Gasteiger partial charge in [-0.05, 0) is 35.8 Å². The first-order valence-corrected chi connectivity index (χ1v) is 10.3. The summed E-state index contributed by atoms with van der Waals surface area (Å²) in [5.74, 6) is 0.818. The van der Waals surface area contributed by atoms with Crippen LogP contribution in [0.2, 0.25) is 0 Å². The topological polar surface area (TPSA) is 42.2 Å². The third kappa shape index (κ3) is 5.17. The SMILES string of the molecule is COc1cccc(NC(=S)NC[C@H](c2cccs2)[NH+]2CC[NH+](C)CC2)c1. The largest absolute Gasteiger partial charge is 0.497 e. The van der Waals surface area contributed by atoms with Crippen molar-refractivity contribution >= 4 is 34.4 Å². The fourth-order valence-electron chi connectivity index (χ4n) is 3.35. The predicted molar refractivity (Wildman–Crippen MR) is 112 cm³/mol. The van der Waals surface area contributed by atoms with Crippen LogP contribution in [0.25, 0.3) is 0 Å². The Balaban J connectivity index is 1.59. The molecule has 0 radical (unpaired) electrons. The first-order valence-electron chi connectivity index (χ1n) is 9.04. The maximum atomic E-state index is 5.51. The standard InChI is InChI=1S/C19H26N4OS2/c1-22-8-10-23(11-9-22)17(18-7-4-12-26-18)14-20-19(25)21-15-5-3-6-16(13-15)24-2/h3-7,12-13,17H,8-11,14H2,1-2H3,(H2,20,21,25)/p+2/t17-/m1/s1. The van der Waals surface area contributed by atoms with Crippen molar-refractivity contribution in [3.05, 3.63) is 46.7 Å². The van der Waals surface area contributed by atoms with Gasteiger partial charge in [-0.15, -0.1) is 11.3 Å². The highest BCUT2D eigenvalue weighted by Crippen LogP contribution is 2.17. The molecule has 0 spiro atoms. The van der Waals surface area contributed by atoms with Gasteiger partial charge in [0.25, 0.3) is 0 Å². The van der Waals surface area contributed by atoms with Gasteiger partial charge in [-0.3, -0.25) is 0 Å². The number of ether oxygens (including phenoxy) is 1. The van der Waals surface area contributed by atoms with Gasteiger partial charge in [0, 0.05) is 11.8 Å². The van der Waals surface area contributed by atoms with Crippen molar-refractivity contribution in [3.63, 3.8) is 0 Å². The number of benzene rings is 1. The fourth-order valence-corrected chi connectivity index (χ4v) is 4.44. The third-order valence-corrected chi connectivity index (χ3v) is 6.15. The van der Waals surface area contributed by atoms with E-state index >= 15 is 0 Å². The molecule has 26 heavy (non-hydrogen) atoms. The Morgan fingerprint density at radius 2 is 2.04 bits per heavy atom. The molecule has 4 N–H and O–H groups in total. The van der Waals surface area contributed by atoms with Crippen LogP contribution in [-0.2, 0) is 0 Å². The zero-order valence-electron chi connectivity index (χ0n) is 15.4. The Kier molecular flexibility index (Phi) is 6.85. The first kappa shape index (κ1) is 19.1. The zero-order valence-corrected chi connectivity index (χ0v) is 17.0. The second-order valence-corrected chi connectivity index (χ2v) is 8.14. The Morgan fingerprint density at radius 1 is 1.23 bits per heavy atom. The third-order valence-electron chi connectivity index (χ3n) is 4.92. The minimum Gasteiger partial charge on any atom is -0.497 e. The van der Waals surface area contributed by atoms with Gasteiger partial charge in [-0.1, -0.05) is 12.1 Å². The monoisotopic (exact) mass is 392 g/mol. The van der Waals surface area contributed by atoms with Crippen molar-refractivity contribution in [2.45, 2.75) is 6.04 Å². The molecule has 2 aromatic rings. The van der Waals surface area contributed by atoms with Crippen LogP contribution in [0.4, 0.5) is 5.69 Å². The van der Waals surface area contributed by atoms with E-state index in [0.29, 0.717) is 11.2 Å². The van der Waals surface area contributed by atoms with E-state index in [2.05, 4.69) is 35.2 Å². The van der Waals surface area contributed by atoms with Crippen LogP contribution in [0.3, 0.4) is 0 Å². The number of quaternary nitrogens is 2. The van der Waals surface area contributed by atoms with E-state index in [-0.39, 0.29) is 0 Å². The number of anilines is 1. The Morgan fingerprint density at radius 3 is 2.73 bits per heavy atom. The number of hydrogen-bond acceptors (Lipinski definition) is 3. The molecular weight excluding hydrogens is 364 g/mol. The summed E-state index contributed by atoms with van der Waals surface area (Å²) in [5, 5.41) is 9.50. The molecule has 2 heterocycles. The van der Waals surface area contributed by atoms with E-state index < -0.39 is 0 Å². The van der Waals surface area contributed by atoms with E-state index in [0.717, 1.165) is 18.0 Å². The van der Waals surface area contributed by atoms with Crippen LogP contribution in [0.15, 0.2) is 41.8 Å². The lowest BCUT2D eigenvalue weighted by Crippen LogP contribution is -3.27. The van der Waals surface area contributed by atoms with Crippen molar-refractivity contribution in [1.29, 1.82) is 0 Å².